The van der Waals surface area contributed by atoms with E-state index in [1.165, 1.54) is 23.4 Å². The van der Waals surface area contributed by atoms with E-state index in [1.807, 2.05) is 6.92 Å². The summed E-state index contributed by atoms with van der Waals surface area (Å²) in [5.41, 5.74) is 0.353. The fourth-order valence-corrected chi connectivity index (χ4v) is 1.39. The number of carboxylic acids is 1. The number of pyridine rings is 1. The zero-order valence-corrected chi connectivity index (χ0v) is 11.1. The number of carboxylic acid groups (broad SMARTS) is 1. The Kier molecular flexibility index (Phi) is 5.25. The Morgan fingerprint density at radius 1 is 1.53 bits per heavy atom. The number of hydrogen-bond acceptors (Lipinski definition) is 4. The number of aromatic nitrogens is 1. The molecule has 0 aliphatic carbocycles. The van der Waals surface area contributed by atoms with E-state index in [4.69, 9.17) is 9.84 Å². The standard InChI is InChI=1S/C12H17N3O4/c1-8(7-19-3)15(2)12(18)14-10-4-9(11(16)17)5-13-6-10/h4-6,8H,7H2,1-3H3,(H,14,18)(H,16,17). The molecule has 0 fully saturated rings. The summed E-state index contributed by atoms with van der Waals surface area (Å²) in [5.74, 6) is -1.09. The summed E-state index contributed by atoms with van der Waals surface area (Å²) in [4.78, 5) is 27.9. The predicted molar refractivity (Wildman–Crippen MR) is 69.3 cm³/mol. The molecule has 1 atom stereocenters. The van der Waals surface area contributed by atoms with Gasteiger partial charge in [-0.1, -0.05) is 0 Å². The Morgan fingerprint density at radius 2 is 2.21 bits per heavy atom. The van der Waals surface area contributed by atoms with E-state index in [0.29, 0.717) is 12.3 Å². The average Bonchev–Trinajstić information content (AvgIpc) is 2.38. The van der Waals surface area contributed by atoms with E-state index in [9.17, 15) is 9.59 Å². The van der Waals surface area contributed by atoms with Crippen LogP contribution in [0.1, 0.15) is 17.3 Å². The van der Waals surface area contributed by atoms with Crippen molar-refractivity contribution in [2.45, 2.75) is 13.0 Å². The molecule has 1 unspecified atom stereocenters. The highest BCUT2D eigenvalue weighted by Gasteiger charge is 2.16. The maximum absolute atomic E-state index is 11.9. The van der Waals surface area contributed by atoms with Crippen molar-refractivity contribution in [2.75, 3.05) is 26.1 Å². The minimum Gasteiger partial charge on any atom is -0.478 e. The van der Waals surface area contributed by atoms with Gasteiger partial charge in [-0.3, -0.25) is 4.98 Å². The van der Waals surface area contributed by atoms with E-state index in [2.05, 4.69) is 10.3 Å². The number of hydrogen-bond donors (Lipinski definition) is 2. The van der Waals surface area contributed by atoms with E-state index >= 15 is 0 Å². The normalized spacial score (nSPS) is 11.7. The van der Waals surface area contributed by atoms with Gasteiger partial charge in [0.1, 0.15) is 0 Å². The first-order valence-electron chi connectivity index (χ1n) is 5.66. The minimum atomic E-state index is -1.09. The molecule has 0 radical (unpaired) electrons. The lowest BCUT2D eigenvalue weighted by Crippen LogP contribution is -2.40. The molecule has 7 nitrogen and oxygen atoms in total. The zero-order chi connectivity index (χ0) is 14.4. The van der Waals surface area contributed by atoms with Crippen molar-refractivity contribution in [1.82, 2.24) is 9.88 Å². The maximum atomic E-state index is 11.9. The first-order valence-corrected chi connectivity index (χ1v) is 5.66. The van der Waals surface area contributed by atoms with Gasteiger partial charge in [0.05, 0.1) is 30.1 Å². The number of aromatic carboxylic acids is 1. The number of carbonyl (C=O) groups excluding carboxylic acids is 1. The largest absolute Gasteiger partial charge is 0.478 e. The molecule has 19 heavy (non-hydrogen) atoms. The van der Waals surface area contributed by atoms with Crippen LogP contribution in [0.15, 0.2) is 18.5 Å². The number of nitrogens with zero attached hydrogens (tertiary/aromatic N) is 2. The zero-order valence-electron chi connectivity index (χ0n) is 11.1. The molecule has 0 bridgehead atoms. The quantitative estimate of drug-likeness (QED) is 0.838. The Bertz CT molecular complexity index is 464. The average molecular weight is 267 g/mol. The molecule has 0 saturated heterocycles. The van der Waals surface area contributed by atoms with Crippen LogP contribution in [0.2, 0.25) is 0 Å². The van der Waals surface area contributed by atoms with Crippen molar-refractivity contribution >= 4 is 17.7 Å². The maximum Gasteiger partial charge on any atom is 0.337 e. The van der Waals surface area contributed by atoms with Crippen LogP contribution in [0.25, 0.3) is 0 Å². The van der Waals surface area contributed by atoms with Gasteiger partial charge >= 0.3 is 12.0 Å². The Balaban J connectivity index is 2.71. The van der Waals surface area contributed by atoms with Gasteiger partial charge in [0.15, 0.2) is 0 Å². The van der Waals surface area contributed by atoms with Crippen LogP contribution in [-0.2, 0) is 4.74 Å². The van der Waals surface area contributed by atoms with Crippen molar-refractivity contribution in [3.8, 4) is 0 Å². The number of anilines is 1. The molecule has 1 aromatic heterocycles. The highest BCUT2D eigenvalue weighted by Crippen LogP contribution is 2.10. The number of nitrogens with one attached hydrogen (secondary N) is 1. The number of ether oxygens (including phenoxy) is 1. The third-order valence-electron chi connectivity index (χ3n) is 2.63. The molecule has 7 heteroatoms. The molecule has 2 N–H and O–H groups in total. The van der Waals surface area contributed by atoms with Crippen LogP contribution in [0.4, 0.5) is 10.5 Å². The SMILES string of the molecule is COCC(C)N(C)C(=O)Nc1cncc(C(=O)O)c1. The van der Waals surface area contributed by atoms with Gasteiger partial charge in [0, 0.05) is 20.4 Å². The highest BCUT2D eigenvalue weighted by molar-refractivity contribution is 5.92. The van der Waals surface area contributed by atoms with Crippen LogP contribution in [0.3, 0.4) is 0 Å². The van der Waals surface area contributed by atoms with Crippen LogP contribution in [0, 0.1) is 0 Å². The van der Waals surface area contributed by atoms with Gasteiger partial charge in [0.2, 0.25) is 0 Å². The summed E-state index contributed by atoms with van der Waals surface area (Å²) in [6.45, 7) is 2.26. The summed E-state index contributed by atoms with van der Waals surface area (Å²) in [7, 11) is 3.19. The van der Waals surface area contributed by atoms with Crippen molar-refractivity contribution < 1.29 is 19.4 Å². The van der Waals surface area contributed by atoms with Crippen molar-refractivity contribution in [2.24, 2.45) is 0 Å². The third-order valence-corrected chi connectivity index (χ3v) is 2.63. The second-order valence-corrected chi connectivity index (χ2v) is 4.11. The minimum absolute atomic E-state index is 0.0189. The molecule has 1 aromatic rings. The number of urea groups is 1. The molecule has 0 aliphatic rings. The Morgan fingerprint density at radius 3 is 2.79 bits per heavy atom. The molecule has 1 heterocycles. The molecule has 0 spiro atoms. The van der Waals surface area contributed by atoms with Gasteiger partial charge in [-0.25, -0.2) is 9.59 Å². The van der Waals surface area contributed by atoms with Gasteiger partial charge in [-0.2, -0.15) is 0 Å². The topological polar surface area (TPSA) is 91.8 Å². The summed E-state index contributed by atoms with van der Waals surface area (Å²) < 4.78 is 4.96. The lowest BCUT2D eigenvalue weighted by atomic mass is 10.2. The van der Waals surface area contributed by atoms with Gasteiger partial charge < -0.3 is 20.1 Å². The van der Waals surface area contributed by atoms with E-state index < -0.39 is 5.97 Å². The molecule has 2 amide bonds. The monoisotopic (exact) mass is 267 g/mol. The summed E-state index contributed by atoms with van der Waals surface area (Å²) in [5, 5.41) is 11.4. The summed E-state index contributed by atoms with van der Waals surface area (Å²) in [6.07, 6.45) is 2.61. The van der Waals surface area contributed by atoms with Crippen LogP contribution in [-0.4, -0.2) is 53.8 Å². The smallest absolute Gasteiger partial charge is 0.337 e. The fourth-order valence-electron chi connectivity index (χ4n) is 1.39. The molecule has 104 valence electrons. The van der Waals surface area contributed by atoms with Crippen molar-refractivity contribution in [3.05, 3.63) is 24.0 Å². The first-order chi connectivity index (χ1) is 8.95. The molecular formula is C12H17N3O4. The van der Waals surface area contributed by atoms with Gasteiger partial charge in [-0.15, -0.1) is 0 Å². The lowest BCUT2D eigenvalue weighted by Gasteiger charge is -2.24. The number of methoxy groups -OCH3 is 1. The Hall–Kier alpha value is -2.15. The van der Waals surface area contributed by atoms with Gasteiger partial charge in [-0.05, 0) is 13.0 Å². The van der Waals surface area contributed by atoms with Crippen LogP contribution in [0.5, 0.6) is 0 Å². The van der Waals surface area contributed by atoms with Crippen LogP contribution >= 0.6 is 0 Å². The molecule has 1 rings (SSSR count). The van der Waals surface area contributed by atoms with Crippen LogP contribution < -0.4 is 5.32 Å². The molecule has 0 aromatic carbocycles. The van der Waals surface area contributed by atoms with E-state index in [1.54, 1.807) is 14.2 Å². The first kappa shape index (κ1) is 14.9. The van der Waals surface area contributed by atoms with E-state index in [-0.39, 0.29) is 17.6 Å². The predicted octanol–water partition coefficient (Wildman–Crippen LogP) is 1.28. The second-order valence-electron chi connectivity index (χ2n) is 4.11. The van der Waals surface area contributed by atoms with E-state index in [0.717, 1.165) is 0 Å². The fraction of sp³-hybridized carbons (Fsp3) is 0.417. The number of likely N-dealkylation sites (N-methyl/N-ethyl adjacent to an activating group) is 1. The van der Waals surface area contributed by atoms with Crippen molar-refractivity contribution in [3.63, 3.8) is 0 Å². The second kappa shape index (κ2) is 6.69. The molecule has 0 saturated carbocycles. The molecule has 0 aliphatic heterocycles. The highest BCUT2D eigenvalue weighted by atomic mass is 16.5. The molecular weight excluding hydrogens is 250 g/mol. The number of carbonyl (C=O) groups is 2. The summed E-state index contributed by atoms with van der Waals surface area (Å²) >= 11 is 0. The lowest BCUT2D eigenvalue weighted by molar-refractivity contribution is 0.0696. The third kappa shape index (κ3) is 4.22. The van der Waals surface area contributed by atoms with Gasteiger partial charge in [0.25, 0.3) is 0 Å². The summed E-state index contributed by atoms with van der Waals surface area (Å²) in [6, 6.07) is 0.900. The number of rotatable bonds is 5. The van der Waals surface area contributed by atoms with Crippen molar-refractivity contribution in [1.29, 1.82) is 0 Å². The Labute approximate surface area is 111 Å². The number of amides is 2.